The van der Waals surface area contributed by atoms with Crippen LogP contribution in [0.3, 0.4) is 0 Å². The fourth-order valence-electron chi connectivity index (χ4n) is 3.00. The maximum Gasteiger partial charge on any atom is 0.315 e. The molecule has 0 radical (unpaired) electrons. The first-order chi connectivity index (χ1) is 10.7. The average molecular weight is 298 g/mol. The van der Waals surface area contributed by atoms with E-state index in [0.717, 1.165) is 25.0 Å². The number of benzene rings is 1. The number of aryl methyl sites for hydroxylation is 2. The molecule has 0 bridgehead atoms. The van der Waals surface area contributed by atoms with Gasteiger partial charge in [-0.25, -0.2) is 4.79 Å². The fraction of sp³-hybridized carbons (Fsp3) is 0.412. The summed E-state index contributed by atoms with van der Waals surface area (Å²) in [6.07, 6.45) is 4.16. The van der Waals surface area contributed by atoms with E-state index >= 15 is 0 Å². The van der Waals surface area contributed by atoms with Crippen LogP contribution in [0.25, 0.3) is 0 Å². The number of hydrogen-bond acceptors (Lipinski definition) is 2. The molecule has 2 N–H and O–H groups in total. The number of rotatable bonds is 5. The van der Waals surface area contributed by atoms with Crippen LogP contribution in [-0.4, -0.2) is 22.4 Å². The summed E-state index contributed by atoms with van der Waals surface area (Å²) in [6, 6.07) is 10.0. The highest BCUT2D eigenvalue weighted by Crippen LogP contribution is 2.23. The second-order valence-electron chi connectivity index (χ2n) is 5.69. The molecule has 1 aliphatic rings. The third-order valence-corrected chi connectivity index (χ3v) is 4.16. The summed E-state index contributed by atoms with van der Waals surface area (Å²) >= 11 is 0. The predicted octanol–water partition coefficient (Wildman–Crippen LogP) is 1.95. The minimum absolute atomic E-state index is 0.121. The first-order valence-corrected chi connectivity index (χ1v) is 7.83. The van der Waals surface area contributed by atoms with Gasteiger partial charge in [-0.3, -0.25) is 4.68 Å². The number of carbonyl (C=O) groups is 1. The summed E-state index contributed by atoms with van der Waals surface area (Å²) in [7, 11) is 1.95. The smallest absolute Gasteiger partial charge is 0.315 e. The first-order valence-electron chi connectivity index (χ1n) is 7.83. The van der Waals surface area contributed by atoms with Crippen molar-refractivity contribution >= 4 is 6.03 Å². The van der Waals surface area contributed by atoms with Crippen molar-refractivity contribution in [1.82, 2.24) is 20.4 Å². The molecular weight excluding hydrogens is 276 g/mol. The monoisotopic (exact) mass is 298 g/mol. The van der Waals surface area contributed by atoms with Crippen LogP contribution >= 0.6 is 0 Å². The molecule has 1 heterocycles. The van der Waals surface area contributed by atoms with Gasteiger partial charge in [0.15, 0.2) is 0 Å². The topological polar surface area (TPSA) is 59.0 Å². The Labute approximate surface area is 130 Å². The zero-order valence-electron chi connectivity index (χ0n) is 12.9. The fourth-order valence-corrected chi connectivity index (χ4v) is 3.00. The molecule has 22 heavy (non-hydrogen) atoms. The molecule has 0 saturated heterocycles. The van der Waals surface area contributed by atoms with Gasteiger partial charge < -0.3 is 10.6 Å². The predicted molar refractivity (Wildman–Crippen MR) is 85.6 cm³/mol. The second kappa shape index (κ2) is 6.64. The average Bonchev–Trinajstić information content (AvgIpc) is 3.07. The molecule has 116 valence electrons. The van der Waals surface area contributed by atoms with E-state index in [4.69, 9.17) is 0 Å². The van der Waals surface area contributed by atoms with E-state index < -0.39 is 0 Å². The Bertz CT molecular complexity index is 648. The molecule has 0 unspecified atom stereocenters. The number of aromatic nitrogens is 2. The van der Waals surface area contributed by atoms with Crippen LogP contribution in [0.5, 0.6) is 0 Å². The van der Waals surface area contributed by atoms with Gasteiger partial charge in [-0.1, -0.05) is 30.3 Å². The molecule has 1 aromatic heterocycles. The van der Waals surface area contributed by atoms with Crippen LogP contribution in [0.1, 0.15) is 28.9 Å². The Hall–Kier alpha value is -2.30. The molecule has 2 aromatic rings. The zero-order valence-corrected chi connectivity index (χ0v) is 12.9. The molecule has 0 fully saturated rings. The number of urea groups is 1. The molecule has 2 amide bonds. The van der Waals surface area contributed by atoms with Crippen molar-refractivity contribution in [3.63, 3.8) is 0 Å². The molecule has 3 rings (SSSR count). The number of hydrogen-bond donors (Lipinski definition) is 2. The number of nitrogens with one attached hydrogen (secondary N) is 2. The zero-order chi connectivity index (χ0) is 15.4. The van der Waals surface area contributed by atoms with E-state index in [-0.39, 0.29) is 6.03 Å². The molecule has 1 aromatic carbocycles. The second-order valence-corrected chi connectivity index (χ2v) is 5.69. The number of fused-ring (bicyclic) bond motifs is 1. The summed E-state index contributed by atoms with van der Waals surface area (Å²) < 4.78 is 1.90. The summed E-state index contributed by atoms with van der Waals surface area (Å²) in [6.45, 7) is 1.18. The Morgan fingerprint density at radius 1 is 1.23 bits per heavy atom. The maximum absolute atomic E-state index is 11.9. The van der Waals surface area contributed by atoms with Crippen molar-refractivity contribution in [2.75, 3.05) is 6.54 Å². The van der Waals surface area contributed by atoms with Crippen molar-refractivity contribution in [3.8, 4) is 0 Å². The summed E-state index contributed by atoms with van der Waals surface area (Å²) in [5, 5.41) is 10.3. The van der Waals surface area contributed by atoms with Crippen molar-refractivity contribution in [1.29, 1.82) is 0 Å². The quantitative estimate of drug-likeness (QED) is 0.886. The highest BCUT2D eigenvalue weighted by atomic mass is 16.2. The third-order valence-electron chi connectivity index (χ3n) is 4.16. The van der Waals surface area contributed by atoms with Crippen LogP contribution in [0.4, 0.5) is 4.79 Å². The van der Waals surface area contributed by atoms with Crippen LogP contribution in [0.2, 0.25) is 0 Å². The summed E-state index contributed by atoms with van der Waals surface area (Å²) in [5.41, 5.74) is 4.88. The van der Waals surface area contributed by atoms with Gasteiger partial charge in [-0.15, -0.1) is 0 Å². The highest BCUT2D eigenvalue weighted by Gasteiger charge is 2.20. The molecule has 5 nitrogen and oxygen atoms in total. The lowest BCUT2D eigenvalue weighted by molar-refractivity contribution is 0.240. The van der Waals surface area contributed by atoms with E-state index in [1.807, 2.05) is 29.9 Å². The molecule has 1 aliphatic carbocycles. The molecule has 0 spiro atoms. The van der Waals surface area contributed by atoms with Crippen LogP contribution in [0.15, 0.2) is 30.3 Å². The van der Waals surface area contributed by atoms with Gasteiger partial charge in [0.1, 0.15) is 0 Å². The van der Waals surface area contributed by atoms with E-state index in [1.54, 1.807) is 0 Å². The van der Waals surface area contributed by atoms with E-state index in [0.29, 0.717) is 13.1 Å². The van der Waals surface area contributed by atoms with Gasteiger partial charge in [0.05, 0.1) is 17.9 Å². The lowest BCUT2D eigenvalue weighted by Gasteiger charge is -2.09. The highest BCUT2D eigenvalue weighted by molar-refractivity contribution is 5.73. The van der Waals surface area contributed by atoms with Crippen molar-refractivity contribution in [3.05, 3.63) is 52.8 Å². The molecule has 0 saturated carbocycles. The molecule has 5 heteroatoms. The van der Waals surface area contributed by atoms with Gasteiger partial charge in [-0.05, 0) is 36.8 Å². The van der Waals surface area contributed by atoms with Gasteiger partial charge in [-0.2, -0.15) is 5.10 Å². The van der Waals surface area contributed by atoms with Crippen LogP contribution in [-0.2, 0) is 32.9 Å². The first kappa shape index (κ1) is 14.6. The van der Waals surface area contributed by atoms with E-state index in [9.17, 15) is 4.79 Å². The third kappa shape index (κ3) is 3.30. The Kier molecular flexibility index (Phi) is 4.42. The standard InChI is InChI=1S/C17H22N4O/c1-21-16(14-8-5-9-15(14)20-21)12-19-17(22)18-11-10-13-6-3-2-4-7-13/h2-4,6-7H,5,8-12H2,1H3,(H2,18,19,22). The molecule has 0 aliphatic heterocycles. The van der Waals surface area contributed by atoms with Crippen molar-refractivity contribution in [2.45, 2.75) is 32.2 Å². The van der Waals surface area contributed by atoms with Gasteiger partial charge >= 0.3 is 6.03 Å². The SMILES string of the molecule is Cn1nc2c(c1CNC(=O)NCCc1ccccc1)CCC2. The van der Waals surface area contributed by atoms with Gasteiger partial charge in [0.2, 0.25) is 0 Å². The minimum atomic E-state index is -0.121. The van der Waals surface area contributed by atoms with Gasteiger partial charge in [0, 0.05) is 13.6 Å². The number of nitrogens with zero attached hydrogens (tertiary/aromatic N) is 2. The van der Waals surface area contributed by atoms with Crippen LogP contribution in [0, 0.1) is 0 Å². The van der Waals surface area contributed by atoms with E-state index in [2.05, 4.69) is 27.9 Å². The van der Waals surface area contributed by atoms with Crippen molar-refractivity contribution < 1.29 is 4.79 Å². The lowest BCUT2D eigenvalue weighted by Crippen LogP contribution is -2.36. The maximum atomic E-state index is 11.9. The molecule has 0 atom stereocenters. The summed E-state index contributed by atoms with van der Waals surface area (Å²) in [5.74, 6) is 0. The Morgan fingerprint density at radius 3 is 2.86 bits per heavy atom. The summed E-state index contributed by atoms with van der Waals surface area (Å²) in [4.78, 5) is 11.9. The Balaban J connectivity index is 1.45. The van der Waals surface area contributed by atoms with E-state index in [1.165, 1.54) is 23.2 Å². The minimum Gasteiger partial charge on any atom is -0.338 e. The van der Waals surface area contributed by atoms with Crippen molar-refractivity contribution in [2.24, 2.45) is 7.05 Å². The number of carbonyl (C=O) groups excluding carboxylic acids is 1. The van der Waals surface area contributed by atoms with Gasteiger partial charge in [0.25, 0.3) is 0 Å². The van der Waals surface area contributed by atoms with Crippen LogP contribution < -0.4 is 10.6 Å². The largest absolute Gasteiger partial charge is 0.338 e. The Morgan fingerprint density at radius 2 is 2.05 bits per heavy atom. The number of amides is 2. The normalized spacial score (nSPS) is 13.0. The molecular formula is C17H22N4O. The lowest BCUT2D eigenvalue weighted by atomic mass is 10.1.